The number of nitrogens with one attached hydrogen (secondary N) is 1. The molecule has 0 amide bonds. The normalized spacial score (nSPS) is 40.6. The van der Waals surface area contributed by atoms with E-state index in [4.69, 9.17) is 0 Å². The molecule has 0 aromatic carbocycles. The van der Waals surface area contributed by atoms with Crippen LogP contribution < -0.4 is 5.32 Å². The van der Waals surface area contributed by atoms with Crippen molar-refractivity contribution in [1.29, 1.82) is 5.26 Å². The number of hydrogen-bond acceptors (Lipinski definition) is 3. The molecule has 0 saturated heterocycles. The molecule has 0 atom stereocenters. The SMILES string of the molecule is CN/C(=C(/C#N)N(C)C)C12CC3CC(CC(C3)C1)C2. The maximum atomic E-state index is 9.51. The predicted octanol–water partition coefficient (Wildman–Crippen LogP) is 2.72. The Bertz CT molecular complexity index is 406. The highest BCUT2D eigenvalue weighted by Crippen LogP contribution is 2.62. The molecule has 0 radical (unpaired) electrons. The molecule has 4 aliphatic carbocycles. The predicted molar refractivity (Wildman–Crippen MR) is 76.0 cm³/mol. The van der Waals surface area contributed by atoms with Crippen molar-refractivity contribution in [2.75, 3.05) is 21.1 Å². The molecule has 4 fully saturated rings. The molecule has 4 aliphatic rings. The monoisotopic (exact) mass is 259 g/mol. The van der Waals surface area contributed by atoms with Gasteiger partial charge in [0, 0.05) is 26.6 Å². The van der Waals surface area contributed by atoms with Crippen molar-refractivity contribution in [2.45, 2.75) is 38.5 Å². The number of nitriles is 1. The third-order valence-corrected chi connectivity index (χ3v) is 5.61. The van der Waals surface area contributed by atoms with Gasteiger partial charge in [0.25, 0.3) is 0 Å². The minimum absolute atomic E-state index is 0.277. The Morgan fingerprint density at radius 2 is 1.58 bits per heavy atom. The summed E-state index contributed by atoms with van der Waals surface area (Å²) in [7, 11) is 5.96. The lowest BCUT2D eigenvalue weighted by Crippen LogP contribution is -2.49. The van der Waals surface area contributed by atoms with Crippen LogP contribution in [0.15, 0.2) is 11.4 Å². The van der Waals surface area contributed by atoms with E-state index in [1.165, 1.54) is 44.2 Å². The number of allylic oxidation sites excluding steroid dienone is 2. The topological polar surface area (TPSA) is 39.1 Å². The lowest BCUT2D eigenvalue weighted by molar-refractivity contribution is -0.0345. The van der Waals surface area contributed by atoms with Crippen molar-refractivity contribution >= 4 is 0 Å². The van der Waals surface area contributed by atoms with E-state index < -0.39 is 0 Å². The second-order valence-corrected chi connectivity index (χ2v) is 7.18. The van der Waals surface area contributed by atoms with Gasteiger partial charge in [0.15, 0.2) is 0 Å². The van der Waals surface area contributed by atoms with Crippen LogP contribution in [0, 0.1) is 34.5 Å². The fourth-order valence-corrected chi connectivity index (χ4v) is 5.43. The van der Waals surface area contributed by atoms with Gasteiger partial charge in [0.2, 0.25) is 0 Å². The van der Waals surface area contributed by atoms with Gasteiger partial charge < -0.3 is 10.2 Å². The summed E-state index contributed by atoms with van der Waals surface area (Å²) in [4.78, 5) is 1.98. The van der Waals surface area contributed by atoms with Gasteiger partial charge in [0.1, 0.15) is 11.8 Å². The Labute approximate surface area is 116 Å². The molecule has 1 N–H and O–H groups in total. The third-order valence-electron chi connectivity index (χ3n) is 5.61. The minimum Gasteiger partial charge on any atom is -0.389 e. The third kappa shape index (κ3) is 1.93. The largest absolute Gasteiger partial charge is 0.389 e. The lowest BCUT2D eigenvalue weighted by atomic mass is 9.48. The van der Waals surface area contributed by atoms with Crippen LogP contribution in [-0.2, 0) is 0 Å². The lowest BCUT2D eigenvalue weighted by Gasteiger charge is -2.57. The molecular weight excluding hydrogens is 234 g/mol. The molecule has 3 nitrogen and oxygen atoms in total. The van der Waals surface area contributed by atoms with Crippen molar-refractivity contribution in [1.82, 2.24) is 10.2 Å². The summed E-state index contributed by atoms with van der Waals surface area (Å²) in [5, 5.41) is 12.9. The summed E-state index contributed by atoms with van der Waals surface area (Å²) in [6.45, 7) is 0. The van der Waals surface area contributed by atoms with Crippen molar-refractivity contribution < 1.29 is 0 Å². The zero-order valence-corrected chi connectivity index (χ0v) is 12.4. The summed E-state index contributed by atoms with van der Waals surface area (Å²) >= 11 is 0. The minimum atomic E-state index is 0.277. The standard InChI is InChI=1S/C16H25N3/c1-18-15(14(10-17)19(2)3)16-7-11-4-12(8-16)6-13(5-11)9-16/h11-13,18H,4-9H2,1-3H3/b15-14-. The first-order valence-corrected chi connectivity index (χ1v) is 7.58. The second-order valence-electron chi connectivity index (χ2n) is 7.18. The molecule has 0 unspecified atom stereocenters. The Morgan fingerprint density at radius 3 is 1.89 bits per heavy atom. The Morgan fingerprint density at radius 1 is 1.11 bits per heavy atom. The molecule has 0 aliphatic heterocycles. The van der Waals surface area contributed by atoms with Gasteiger partial charge in [-0.05, 0) is 56.3 Å². The van der Waals surface area contributed by atoms with Crippen molar-refractivity contribution in [3.63, 3.8) is 0 Å². The molecule has 4 saturated carbocycles. The zero-order valence-electron chi connectivity index (χ0n) is 12.4. The highest BCUT2D eigenvalue weighted by atomic mass is 15.1. The molecule has 104 valence electrons. The zero-order chi connectivity index (χ0) is 13.6. The van der Waals surface area contributed by atoms with Gasteiger partial charge in [-0.3, -0.25) is 0 Å². The molecule has 19 heavy (non-hydrogen) atoms. The van der Waals surface area contributed by atoms with Gasteiger partial charge in [-0.1, -0.05) is 0 Å². The maximum Gasteiger partial charge on any atom is 0.135 e. The van der Waals surface area contributed by atoms with Crippen LogP contribution in [0.25, 0.3) is 0 Å². The van der Waals surface area contributed by atoms with Crippen LogP contribution in [0.4, 0.5) is 0 Å². The summed E-state index contributed by atoms with van der Waals surface area (Å²) in [5.74, 6) is 2.74. The summed E-state index contributed by atoms with van der Waals surface area (Å²) in [5.41, 5.74) is 2.34. The van der Waals surface area contributed by atoms with E-state index in [1.54, 1.807) is 0 Å². The first kappa shape index (κ1) is 12.8. The smallest absolute Gasteiger partial charge is 0.135 e. The quantitative estimate of drug-likeness (QED) is 0.792. The molecule has 4 rings (SSSR count). The van der Waals surface area contributed by atoms with Gasteiger partial charge >= 0.3 is 0 Å². The van der Waals surface area contributed by atoms with Crippen molar-refractivity contribution in [3.8, 4) is 6.07 Å². The van der Waals surface area contributed by atoms with Crippen molar-refractivity contribution in [3.05, 3.63) is 11.4 Å². The van der Waals surface area contributed by atoms with Crippen LogP contribution in [0.1, 0.15) is 38.5 Å². The molecular formula is C16H25N3. The first-order valence-electron chi connectivity index (χ1n) is 7.58. The molecule has 4 bridgehead atoms. The summed E-state index contributed by atoms with van der Waals surface area (Å²) in [6, 6.07) is 2.42. The van der Waals surface area contributed by atoms with Gasteiger partial charge in [-0.2, -0.15) is 5.26 Å². The van der Waals surface area contributed by atoms with E-state index in [1.807, 2.05) is 26.0 Å². The highest BCUT2D eigenvalue weighted by molar-refractivity contribution is 5.32. The molecule has 0 heterocycles. The van der Waals surface area contributed by atoms with Gasteiger partial charge in [-0.15, -0.1) is 0 Å². The van der Waals surface area contributed by atoms with Crippen LogP contribution in [-0.4, -0.2) is 26.0 Å². The molecule has 0 aromatic heterocycles. The van der Waals surface area contributed by atoms with Gasteiger partial charge in [0.05, 0.1) is 5.70 Å². The molecule has 3 heteroatoms. The number of rotatable bonds is 3. The van der Waals surface area contributed by atoms with Crippen LogP contribution in [0.3, 0.4) is 0 Å². The van der Waals surface area contributed by atoms with E-state index in [-0.39, 0.29) is 5.41 Å². The van der Waals surface area contributed by atoms with E-state index >= 15 is 0 Å². The average Bonchev–Trinajstić information content (AvgIpc) is 2.33. The second kappa shape index (κ2) is 4.44. The van der Waals surface area contributed by atoms with Crippen LogP contribution in [0.5, 0.6) is 0 Å². The number of hydrogen-bond donors (Lipinski definition) is 1. The fourth-order valence-electron chi connectivity index (χ4n) is 5.43. The highest BCUT2D eigenvalue weighted by Gasteiger charge is 2.53. The van der Waals surface area contributed by atoms with Gasteiger partial charge in [-0.25, -0.2) is 0 Å². The maximum absolute atomic E-state index is 9.51. The first-order chi connectivity index (χ1) is 9.08. The van der Waals surface area contributed by atoms with Crippen LogP contribution >= 0.6 is 0 Å². The Kier molecular flexibility index (Phi) is 3.00. The Hall–Kier alpha value is -1.17. The summed E-state index contributed by atoms with van der Waals surface area (Å²) < 4.78 is 0. The van der Waals surface area contributed by atoms with E-state index in [0.29, 0.717) is 0 Å². The number of nitrogens with zero attached hydrogens (tertiary/aromatic N) is 2. The molecule has 0 aromatic rings. The average molecular weight is 259 g/mol. The molecule has 0 spiro atoms. The van der Waals surface area contributed by atoms with Crippen LogP contribution in [0.2, 0.25) is 0 Å². The fraction of sp³-hybridized carbons (Fsp3) is 0.812. The Balaban J connectivity index is 2.02. The van der Waals surface area contributed by atoms with E-state index in [0.717, 1.165) is 23.5 Å². The van der Waals surface area contributed by atoms with Crippen molar-refractivity contribution in [2.24, 2.45) is 23.2 Å². The van der Waals surface area contributed by atoms with E-state index in [2.05, 4.69) is 11.4 Å². The van der Waals surface area contributed by atoms with E-state index in [9.17, 15) is 5.26 Å². The summed E-state index contributed by atoms with van der Waals surface area (Å²) in [6.07, 6.45) is 8.23.